The maximum absolute atomic E-state index is 12.8. The summed E-state index contributed by atoms with van der Waals surface area (Å²) in [7, 11) is -3.88. The van der Waals surface area contributed by atoms with E-state index >= 15 is 0 Å². The number of ether oxygens (including phenoxy) is 1. The molecule has 26 heavy (non-hydrogen) atoms. The number of rotatable bonds is 7. The van der Waals surface area contributed by atoms with Gasteiger partial charge in [0, 0.05) is 5.69 Å². The number of hydrogen-bond donors (Lipinski definition) is 2. The number of amides is 1. The number of carbonyl (C=O) groups excluding carboxylic acids is 2. The standard InChI is InChI=1S/C17H17FN2O5S/c1-12(20-26(23,24)15-5-3-2-4-6-15)17(22)25-11-16(21)19-14-9-7-13(18)8-10-14/h2-10,12,20H,11H2,1H3,(H,19,21)/t12-/m0/s1. The second-order valence-corrected chi connectivity index (χ2v) is 7.03. The van der Waals surface area contributed by atoms with Crippen molar-refractivity contribution in [3.8, 4) is 0 Å². The van der Waals surface area contributed by atoms with Crippen molar-refractivity contribution in [3.63, 3.8) is 0 Å². The molecule has 2 rings (SSSR count). The quantitative estimate of drug-likeness (QED) is 0.712. The molecule has 0 radical (unpaired) electrons. The molecule has 0 heterocycles. The van der Waals surface area contributed by atoms with Gasteiger partial charge in [-0.15, -0.1) is 0 Å². The van der Waals surface area contributed by atoms with Crippen LogP contribution in [0.4, 0.5) is 10.1 Å². The molecule has 1 amide bonds. The number of esters is 1. The number of anilines is 1. The second kappa shape index (κ2) is 8.54. The molecular weight excluding hydrogens is 363 g/mol. The van der Waals surface area contributed by atoms with Crippen molar-refractivity contribution >= 4 is 27.6 Å². The lowest BCUT2D eigenvalue weighted by Gasteiger charge is -2.13. The molecule has 2 N–H and O–H groups in total. The lowest BCUT2D eigenvalue weighted by atomic mass is 10.3. The molecule has 2 aromatic rings. The highest BCUT2D eigenvalue weighted by Crippen LogP contribution is 2.09. The molecule has 0 bridgehead atoms. The van der Waals surface area contributed by atoms with Gasteiger partial charge in [-0.2, -0.15) is 4.72 Å². The minimum Gasteiger partial charge on any atom is -0.454 e. The number of nitrogens with one attached hydrogen (secondary N) is 2. The maximum Gasteiger partial charge on any atom is 0.324 e. The van der Waals surface area contributed by atoms with Crippen LogP contribution in [0, 0.1) is 5.82 Å². The Morgan fingerprint density at radius 2 is 1.69 bits per heavy atom. The van der Waals surface area contributed by atoms with Crippen LogP contribution in [0.3, 0.4) is 0 Å². The van der Waals surface area contributed by atoms with Gasteiger partial charge in [-0.05, 0) is 43.3 Å². The van der Waals surface area contributed by atoms with E-state index in [-0.39, 0.29) is 4.90 Å². The van der Waals surface area contributed by atoms with Gasteiger partial charge in [0.2, 0.25) is 10.0 Å². The molecule has 7 nitrogen and oxygen atoms in total. The topological polar surface area (TPSA) is 102 Å². The third-order valence-corrected chi connectivity index (χ3v) is 4.77. The Morgan fingerprint density at radius 1 is 1.08 bits per heavy atom. The van der Waals surface area contributed by atoms with Crippen molar-refractivity contribution in [1.82, 2.24) is 4.72 Å². The highest BCUT2D eigenvalue weighted by atomic mass is 32.2. The summed E-state index contributed by atoms with van der Waals surface area (Å²) < 4.78 is 44.0. The maximum atomic E-state index is 12.8. The summed E-state index contributed by atoms with van der Waals surface area (Å²) in [5, 5.41) is 2.42. The average molecular weight is 380 g/mol. The second-order valence-electron chi connectivity index (χ2n) is 5.32. The number of halogens is 1. The molecule has 0 saturated heterocycles. The summed E-state index contributed by atoms with van der Waals surface area (Å²) in [5.41, 5.74) is 0.338. The summed E-state index contributed by atoms with van der Waals surface area (Å²) in [6.45, 7) is 0.703. The molecule has 2 aromatic carbocycles. The smallest absolute Gasteiger partial charge is 0.324 e. The Kier molecular flexibility index (Phi) is 6.42. The van der Waals surface area contributed by atoms with Gasteiger partial charge in [-0.25, -0.2) is 12.8 Å². The first-order valence-electron chi connectivity index (χ1n) is 7.57. The van der Waals surface area contributed by atoms with E-state index in [1.165, 1.54) is 43.3 Å². The van der Waals surface area contributed by atoms with Crippen molar-refractivity contribution in [1.29, 1.82) is 0 Å². The van der Waals surface area contributed by atoms with Gasteiger partial charge in [0.1, 0.15) is 11.9 Å². The van der Waals surface area contributed by atoms with E-state index in [1.807, 2.05) is 0 Å². The van der Waals surface area contributed by atoms with Crippen LogP contribution in [0.5, 0.6) is 0 Å². The SMILES string of the molecule is C[C@H](NS(=O)(=O)c1ccccc1)C(=O)OCC(=O)Nc1ccc(F)cc1. The first-order valence-corrected chi connectivity index (χ1v) is 9.06. The molecule has 0 unspecified atom stereocenters. The lowest BCUT2D eigenvalue weighted by molar-refractivity contribution is -0.148. The lowest BCUT2D eigenvalue weighted by Crippen LogP contribution is -2.40. The van der Waals surface area contributed by atoms with Crippen LogP contribution in [0.1, 0.15) is 6.92 Å². The third kappa shape index (κ3) is 5.64. The Labute approximate surface area is 150 Å². The Bertz CT molecular complexity index is 870. The molecule has 0 aliphatic carbocycles. The fourth-order valence-corrected chi connectivity index (χ4v) is 3.15. The van der Waals surface area contributed by atoms with Crippen LogP contribution in [0.25, 0.3) is 0 Å². The van der Waals surface area contributed by atoms with Crippen molar-refractivity contribution in [2.45, 2.75) is 17.9 Å². The van der Waals surface area contributed by atoms with E-state index in [1.54, 1.807) is 18.2 Å². The summed E-state index contributed by atoms with van der Waals surface area (Å²) in [4.78, 5) is 23.6. The molecule has 138 valence electrons. The van der Waals surface area contributed by atoms with Gasteiger partial charge in [0.25, 0.3) is 5.91 Å². The van der Waals surface area contributed by atoms with E-state index < -0.39 is 40.4 Å². The van der Waals surface area contributed by atoms with Crippen LogP contribution in [0.2, 0.25) is 0 Å². The van der Waals surface area contributed by atoms with E-state index in [0.717, 1.165) is 0 Å². The van der Waals surface area contributed by atoms with E-state index in [4.69, 9.17) is 4.74 Å². The fourth-order valence-electron chi connectivity index (χ4n) is 1.94. The molecule has 9 heteroatoms. The van der Waals surface area contributed by atoms with Gasteiger partial charge in [0.15, 0.2) is 6.61 Å². The number of carbonyl (C=O) groups is 2. The van der Waals surface area contributed by atoms with Gasteiger partial charge in [-0.3, -0.25) is 9.59 Å². The van der Waals surface area contributed by atoms with E-state index in [0.29, 0.717) is 5.69 Å². The van der Waals surface area contributed by atoms with Gasteiger partial charge < -0.3 is 10.1 Å². The Hall–Kier alpha value is -2.78. The van der Waals surface area contributed by atoms with Crippen LogP contribution < -0.4 is 10.0 Å². The van der Waals surface area contributed by atoms with Crippen LogP contribution in [0.15, 0.2) is 59.5 Å². The Balaban J connectivity index is 1.85. The van der Waals surface area contributed by atoms with Gasteiger partial charge >= 0.3 is 5.97 Å². The Morgan fingerprint density at radius 3 is 2.31 bits per heavy atom. The predicted molar refractivity (Wildman–Crippen MR) is 92.2 cm³/mol. The van der Waals surface area contributed by atoms with Crippen molar-refractivity contribution in [2.24, 2.45) is 0 Å². The first kappa shape index (κ1) is 19.5. The van der Waals surface area contributed by atoms with Crippen LogP contribution in [-0.2, 0) is 24.3 Å². The van der Waals surface area contributed by atoms with Gasteiger partial charge in [-0.1, -0.05) is 18.2 Å². The van der Waals surface area contributed by atoms with Crippen molar-refractivity contribution in [3.05, 3.63) is 60.4 Å². The minimum absolute atomic E-state index is 0.00806. The van der Waals surface area contributed by atoms with Crippen LogP contribution >= 0.6 is 0 Å². The van der Waals surface area contributed by atoms with Crippen molar-refractivity contribution < 1.29 is 27.1 Å². The molecule has 1 atom stereocenters. The highest BCUT2D eigenvalue weighted by Gasteiger charge is 2.23. The van der Waals surface area contributed by atoms with Crippen molar-refractivity contribution in [2.75, 3.05) is 11.9 Å². The predicted octanol–water partition coefficient (Wildman–Crippen LogP) is 1.67. The summed E-state index contributed by atoms with van der Waals surface area (Å²) in [5.74, 6) is -1.99. The average Bonchev–Trinajstić information content (AvgIpc) is 2.62. The first-order chi connectivity index (χ1) is 12.3. The molecule has 0 saturated carbocycles. The zero-order valence-electron chi connectivity index (χ0n) is 13.8. The van der Waals surface area contributed by atoms with E-state index in [2.05, 4.69) is 10.0 Å². The highest BCUT2D eigenvalue weighted by molar-refractivity contribution is 7.89. The molecular formula is C17H17FN2O5S. The monoisotopic (exact) mass is 380 g/mol. The van der Waals surface area contributed by atoms with E-state index in [9.17, 15) is 22.4 Å². The zero-order chi connectivity index (χ0) is 19.2. The third-order valence-electron chi connectivity index (χ3n) is 3.21. The largest absolute Gasteiger partial charge is 0.454 e. The zero-order valence-corrected chi connectivity index (χ0v) is 14.6. The molecule has 0 aromatic heterocycles. The number of hydrogen-bond acceptors (Lipinski definition) is 5. The summed E-state index contributed by atoms with van der Waals surface area (Å²) in [6.07, 6.45) is 0. The molecule has 0 fully saturated rings. The number of sulfonamides is 1. The molecule has 0 aliphatic rings. The number of benzene rings is 2. The summed E-state index contributed by atoms with van der Waals surface area (Å²) in [6, 6.07) is 11.4. The van der Waals surface area contributed by atoms with Gasteiger partial charge in [0.05, 0.1) is 4.90 Å². The van der Waals surface area contributed by atoms with Crippen LogP contribution in [-0.4, -0.2) is 32.9 Å². The molecule has 0 aliphatic heterocycles. The summed E-state index contributed by atoms with van der Waals surface area (Å²) >= 11 is 0. The molecule has 0 spiro atoms. The normalized spacial score (nSPS) is 12.2. The minimum atomic E-state index is -3.88. The fraction of sp³-hybridized carbons (Fsp3) is 0.176.